The van der Waals surface area contributed by atoms with Crippen molar-refractivity contribution in [1.82, 2.24) is 4.90 Å². The van der Waals surface area contributed by atoms with Crippen molar-refractivity contribution in [1.29, 1.82) is 0 Å². The average molecular weight is 253 g/mol. The summed E-state index contributed by atoms with van der Waals surface area (Å²) < 4.78 is 29.6. The van der Waals surface area contributed by atoms with Gasteiger partial charge in [0.1, 0.15) is 5.58 Å². The molecule has 2 rings (SSSR count). The molecule has 1 heterocycles. The molecule has 18 heavy (non-hydrogen) atoms. The van der Waals surface area contributed by atoms with E-state index in [9.17, 15) is 13.6 Å². The summed E-state index contributed by atoms with van der Waals surface area (Å²) in [5, 5.41) is 0.831. The van der Waals surface area contributed by atoms with Crippen LogP contribution in [0.15, 0.2) is 34.7 Å². The third-order valence-electron chi connectivity index (χ3n) is 2.56. The molecule has 0 spiro atoms. The lowest BCUT2D eigenvalue weighted by Crippen LogP contribution is -2.30. The molecule has 1 aromatic heterocycles. The zero-order valence-electron chi connectivity index (χ0n) is 9.90. The summed E-state index contributed by atoms with van der Waals surface area (Å²) >= 11 is 0. The van der Waals surface area contributed by atoms with E-state index in [1.165, 1.54) is 11.9 Å². The van der Waals surface area contributed by atoms with Crippen LogP contribution in [0.3, 0.4) is 0 Å². The Balaban J connectivity index is 2.09. The van der Waals surface area contributed by atoms with E-state index >= 15 is 0 Å². The van der Waals surface area contributed by atoms with Gasteiger partial charge in [-0.25, -0.2) is 8.78 Å². The first-order valence-electron chi connectivity index (χ1n) is 5.54. The number of nitrogens with zero attached hydrogens (tertiary/aromatic N) is 1. The summed E-state index contributed by atoms with van der Waals surface area (Å²) in [6.45, 7) is -0.504. The number of hydrogen-bond donors (Lipinski definition) is 0. The molecule has 0 fully saturated rings. The molecule has 0 saturated carbocycles. The number of alkyl halides is 2. The fourth-order valence-electron chi connectivity index (χ4n) is 1.74. The number of fused-ring (bicyclic) bond motifs is 1. The molecular weight excluding hydrogens is 240 g/mol. The van der Waals surface area contributed by atoms with Crippen molar-refractivity contribution in [3.05, 3.63) is 36.1 Å². The van der Waals surface area contributed by atoms with Crippen LogP contribution in [-0.2, 0) is 0 Å². The molecule has 1 aromatic carbocycles. The van der Waals surface area contributed by atoms with Gasteiger partial charge in [-0.05, 0) is 19.2 Å². The first-order chi connectivity index (χ1) is 8.56. The molecule has 0 bridgehead atoms. The molecule has 2 aromatic rings. The molecule has 5 heteroatoms. The van der Waals surface area contributed by atoms with Crippen LogP contribution in [0.5, 0.6) is 0 Å². The maximum Gasteiger partial charge on any atom is 0.251 e. The fourth-order valence-corrected chi connectivity index (χ4v) is 1.74. The standard InChI is InChI=1S/C13H13F2NO2/c1-16(8-13(14)15)7-10(17)12-6-9-4-2-3-5-11(9)18-12/h2-6,13H,7-8H2,1H3. The van der Waals surface area contributed by atoms with Crippen molar-refractivity contribution in [2.45, 2.75) is 6.43 Å². The highest BCUT2D eigenvalue weighted by Crippen LogP contribution is 2.19. The van der Waals surface area contributed by atoms with Gasteiger partial charge in [0.15, 0.2) is 5.76 Å². The van der Waals surface area contributed by atoms with Crippen molar-refractivity contribution in [2.24, 2.45) is 0 Å². The summed E-state index contributed by atoms with van der Waals surface area (Å²) in [6.07, 6.45) is -2.45. The van der Waals surface area contributed by atoms with Gasteiger partial charge >= 0.3 is 0 Å². The van der Waals surface area contributed by atoms with Crippen molar-refractivity contribution >= 4 is 16.8 Å². The summed E-state index contributed by atoms with van der Waals surface area (Å²) in [4.78, 5) is 13.1. The van der Waals surface area contributed by atoms with E-state index in [-0.39, 0.29) is 18.1 Å². The van der Waals surface area contributed by atoms with Gasteiger partial charge in [-0.3, -0.25) is 9.69 Å². The molecule has 0 radical (unpaired) electrons. The van der Waals surface area contributed by atoms with E-state index in [2.05, 4.69) is 0 Å². The Bertz CT molecular complexity index is 518. The molecule has 0 amide bonds. The second-order valence-corrected chi connectivity index (χ2v) is 4.16. The predicted octanol–water partition coefficient (Wildman–Crippen LogP) is 2.81. The Morgan fingerprint density at radius 3 is 2.78 bits per heavy atom. The number of rotatable bonds is 5. The zero-order chi connectivity index (χ0) is 13.1. The minimum Gasteiger partial charge on any atom is -0.453 e. The highest BCUT2D eigenvalue weighted by molar-refractivity contribution is 5.98. The normalized spacial score (nSPS) is 11.6. The fraction of sp³-hybridized carbons (Fsp3) is 0.308. The van der Waals surface area contributed by atoms with E-state index in [0.29, 0.717) is 5.58 Å². The monoisotopic (exact) mass is 253 g/mol. The molecule has 96 valence electrons. The number of Topliss-reactive ketones (excluding diaryl/α,β-unsaturated/α-hetero) is 1. The first kappa shape index (κ1) is 12.7. The molecule has 0 unspecified atom stereocenters. The lowest BCUT2D eigenvalue weighted by Gasteiger charge is -2.13. The first-order valence-corrected chi connectivity index (χ1v) is 5.54. The van der Waals surface area contributed by atoms with Gasteiger partial charge in [0.2, 0.25) is 5.78 Å². The molecule has 0 atom stereocenters. The maximum atomic E-state index is 12.1. The third kappa shape index (κ3) is 2.92. The van der Waals surface area contributed by atoms with Gasteiger partial charge in [-0.15, -0.1) is 0 Å². The highest BCUT2D eigenvalue weighted by atomic mass is 19.3. The van der Waals surface area contributed by atoms with Crippen molar-refractivity contribution in [2.75, 3.05) is 20.1 Å². The SMILES string of the molecule is CN(CC(=O)c1cc2ccccc2o1)CC(F)F. The van der Waals surface area contributed by atoms with Crippen LogP contribution in [0.25, 0.3) is 11.0 Å². The van der Waals surface area contributed by atoms with Crippen LogP contribution >= 0.6 is 0 Å². The number of likely N-dealkylation sites (N-methyl/N-ethyl adjacent to an activating group) is 1. The number of furan rings is 1. The minimum atomic E-state index is -2.45. The van der Waals surface area contributed by atoms with Crippen LogP contribution in [0.1, 0.15) is 10.6 Å². The topological polar surface area (TPSA) is 33.5 Å². The van der Waals surface area contributed by atoms with Crippen LogP contribution < -0.4 is 0 Å². The Morgan fingerprint density at radius 1 is 1.39 bits per heavy atom. The number of hydrogen-bond acceptors (Lipinski definition) is 3. The summed E-state index contributed by atoms with van der Waals surface area (Å²) in [7, 11) is 1.48. The number of benzene rings is 1. The zero-order valence-corrected chi connectivity index (χ0v) is 9.90. The average Bonchev–Trinajstić information content (AvgIpc) is 2.71. The highest BCUT2D eigenvalue weighted by Gasteiger charge is 2.16. The largest absolute Gasteiger partial charge is 0.453 e. The van der Waals surface area contributed by atoms with Gasteiger partial charge < -0.3 is 4.42 Å². The Kier molecular flexibility index (Phi) is 3.72. The molecule has 0 saturated heterocycles. The molecule has 3 nitrogen and oxygen atoms in total. The van der Waals surface area contributed by atoms with E-state index < -0.39 is 13.0 Å². The number of carbonyl (C=O) groups excluding carboxylic acids is 1. The molecule has 0 aliphatic carbocycles. The third-order valence-corrected chi connectivity index (χ3v) is 2.56. The smallest absolute Gasteiger partial charge is 0.251 e. The van der Waals surface area contributed by atoms with E-state index in [4.69, 9.17) is 4.42 Å². The van der Waals surface area contributed by atoms with E-state index in [1.54, 1.807) is 12.1 Å². The number of ketones is 1. The Labute approximate surface area is 103 Å². The minimum absolute atomic E-state index is 0.0792. The summed E-state index contributed by atoms with van der Waals surface area (Å²) in [5.74, 6) is -0.0910. The lowest BCUT2D eigenvalue weighted by atomic mass is 10.2. The quantitative estimate of drug-likeness (QED) is 0.768. The number of halogens is 2. The van der Waals surface area contributed by atoms with Crippen molar-refractivity contribution in [3.63, 3.8) is 0 Å². The van der Waals surface area contributed by atoms with Gasteiger partial charge in [-0.1, -0.05) is 18.2 Å². The maximum absolute atomic E-state index is 12.1. The second kappa shape index (κ2) is 5.27. The molecule has 0 aliphatic rings. The van der Waals surface area contributed by atoms with Crippen molar-refractivity contribution in [3.8, 4) is 0 Å². The Hall–Kier alpha value is -1.75. The van der Waals surface area contributed by atoms with Gasteiger partial charge in [0, 0.05) is 5.39 Å². The predicted molar refractivity (Wildman–Crippen MR) is 64.0 cm³/mol. The number of carbonyl (C=O) groups is 1. The summed E-state index contributed by atoms with van der Waals surface area (Å²) in [5.41, 5.74) is 0.623. The Morgan fingerprint density at radius 2 is 2.11 bits per heavy atom. The van der Waals surface area contributed by atoms with Crippen LogP contribution in [-0.4, -0.2) is 37.2 Å². The van der Waals surface area contributed by atoms with E-state index in [1.807, 2.05) is 18.2 Å². The summed E-state index contributed by atoms with van der Waals surface area (Å²) in [6, 6.07) is 8.87. The van der Waals surface area contributed by atoms with E-state index in [0.717, 1.165) is 5.39 Å². The van der Waals surface area contributed by atoms with Crippen LogP contribution in [0, 0.1) is 0 Å². The van der Waals surface area contributed by atoms with Gasteiger partial charge in [0.25, 0.3) is 6.43 Å². The molecular formula is C13H13F2NO2. The second-order valence-electron chi connectivity index (χ2n) is 4.16. The molecule has 0 aliphatic heterocycles. The lowest BCUT2D eigenvalue weighted by molar-refractivity contribution is 0.0801. The van der Waals surface area contributed by atoms with Gasteiger partial charge in [-0.2, -0.15) is 0 Å². The van der Waals surface area contributed by atoms with Crippen LogP contribution in [0.2, 0.25) is 0 Å². The van der Waals surface area contributed by atoms with Crippen LogP contribution in [0.4, 0.5) is 8.78 Å². The number of para-hydroxylation sites is 1. The molecule has 0 N–H and O–H groups in total. The van der Waals surface area contributed by atoms with Crippen molar-refractivity contribution < 1.29 is 18.0 Å². The van der Waals surface area contributed by atoms with Gasteiger partial charge in [0.05, 0.1) is 13.1 Å².